The molecule has 0 bridgehead atoms. The Labute approximate surface area is 137 Å². The molecule has 3 aromatic carbocycles. The van der Waals surface area contributed by atoms with Crippen molar-refractivity contribution in [3.63, 3.8) is 0 Å². The van der Waals surface area contributed by atoms with Gasteiger partial charge in [0.2, 0.25) is 0 Å². The molecular weight excluding hydrogens is 280 g/mol. The fourth-order valence-corrected chi connectivity index (χ4v) is 3.18. The first-order valence-electron chi connectivity index (χ1n) is 8.00. The summed E-state index contributed by atoms with van der Waals surface area (Å²) in [5, 5.41) is 0. The Balaban J connectivity index is 1.90. The maximum Gasteiger partial charge on any atom is 0.130 e. The highest BCUT2D eigenvalue weighted by Crippen LogP contribution is 2.42. The van der Waals surface area contributed by atoms with Crippen LogP contribution in [-0.4, -0.2) is 6.10 Å². The summed E-state index contributed by atoms with van der Waals surface area (Å²) in [5.41, 5.74) is 7.34. The zero-order chi connectivity index (χ0) is 15.8. The first-order valence-corrected chi connectivity index (χ1v) is 8.00. The SMILES string of the molecule is [CH2]C1Cc2cc(-c3ccccc3)cc(-c3ccc(C)cc3)c2O1. The van der Waals surface area contributed by atoms with Gasteiger partial charge < -0.3 is 4.74 Å². The number of hydrogen-bond acceptors (Lipinski definition) is 1. The van der Waals surface area contributed by atoms with Gasteiger partial charge in [-0.05, 0) is 48.2 Å². The average Bonchev–Trinajstić information content (AvgIpc) is 2.96. The van der Waals surface area contributed by atoms with Crippen LogP contribution in [0.4, 0.5) is 0 Å². The van der Waals surface area contributed by atoms with Crippen molar-refractivity contribution in [3.05, 3.63) is 84.8 Å². The number of aryl methyl sites for hydroxylation is 1. The number of hydrogen-bond donors (Lipinski definition) is 0. The molecule has 1 atom stereocenters. The van der Waals surface area contributed by atoms with E-state index in [1.54, 1.807) is 0 Å². The molecule has 1 nitrogen and oxygen atoms in total. The van der Waals surface area contributed by atoms with E-state index in [2.05, 4.69) is 74.5 Å². The van der Waals surface area contributed by atoms with Crippen LogP contribution in [0.15, 0.2) is 66.7 Å². The minimum atomic E-state index is 0.000205. The standard InChI is InChI=1S/C22H19O/c1-15-8-10-18(11-9-15)21-14-19(17-6-4-3-5-7-17)13-20-12-16(2)23-22(20)21/h3-11,13-14,16H,2,12H2,1H3. The molecule has 1 aliphatic heterocycles. The van der Waals surface area contributed by atoms with Gasteiger partial charge in [-0.2, -0.15) is 0 Å². The number of benzene rings is 3. The third-order valence-corrected chi connectivity index (χ3v) is 4.37. The smallest absolute Gasteiger partial charge is 0.130 e. The minimum absolute atomic E-state index is 0.000205. The van der Waals surface area contributed by atoms with Gasteiger partial charge in [-0.25, -0.2) is 0 Å². The van der Waals surface area contributed by atoms with Gasteiger partial charge in [-0.3, -0.25) is 0 Å². The third-order valence-electron chi connectivity index (χ3n) is 4.37. The van der Waals surface area contributed by atoms with E-state index in [9.17, 15) is 0 Å². The molecule has 4 rings (SSSR count). The van der Waals surface area contributed by atoms with Crippen LogP contribution in [0.25, 0.3) is 22.3 Å². The van der Waals surface area contributed by atoms with E-state index in [0.717, 1.165) is 17.7 Å². The van der Waals surface area contributed by atoms with Crippen LogP contribution in [0, 0.1) is 13.8 Å². The van der Waals surface area contributed by atoms with E-state index in [1.807, 2.05) is 6.07 Å². The van der Waals surface area contributed by atoms with Gasteiger partial charge in [0.15, 0.2) is 0 Å². The van der Waals surface area contributed by atoms with E-state index in [4.69, 9.17) is 4.74 Å². The summed E-state index contributed by atoms with van der Waals surface area (Å²) in [6, 6.07) is 23.6. The van der Waals surface area contributed by atoms with Crippen molar-refractivity contribution in [1.82, 2.24) is 0 Å². The van der Waals surface area contributed by atoms with Gasteiger partial charge in [0.1, 0.15) is 11.9 Å². The molecule has 23 heavy (non-hydrogen) atoms. The summed E-state index contributed by atoms with van der Waals surface area (Å²) in [6.45, 7) is 6.19. The summed E-state index contributed by atoms with van der Waals surface area (Å²) in [6.07, 6.45) is 0.870. The Bertz CT molecular complexity index is 832. The van der Waals surface area contributed by atoms with Gasteiger partial charge in [0, 0.05) is 12.0 Å². The van der Waals surface area contributed by atoms with E-state index >= 15 is 0 Å². The lowest BCUT2D eigenvalue weighted by atomic mass is 9.94. The molecule has 3 aromatic rings. The molecule has 0 saturated heterocycles. The van der Waals surface area contributed by atoms with E-state index in [1.165, 1.54) is 27.8 Å². The van der Waals surface area contributed by atoms with Gasteiger partial charge in [0.05, 0.1) is 0 Å². The number of ether oxygens (including phenoxy) is 1. The van der Waals surface area contributed by atoms with Gasteiger partial charge in [-0.1, -0.05) is 60.2 Å². The second kappa shape index (κ2) is 5.58. The molecule has 113 valence electrons. The van der Waals surface area contributed by atoms with E-state index in [-0.39, 0.29) is 6.10 Å². The Morgan fingerprint density at radius 3 is 2.35 bits per heavy atom. The van der Waals surface area contributed by atoms with Crippen molar-refractivity contribution in [2.45, 2.75) is 19.4 Å². The van der Waals surface area contributed by atoms with E-state index < -0.39 is 0 Å². The second-order valence-electron chi connectivity index (χ2n) is 6.19. The van der Waals surface area contributed by atoms with Crippen LogP contribution >= 0.6 is 0 Å². The van der Waals surface area contributed by atoms with Crippen molar-refractivity contribution < 1.29 is 4.74 Å². The summed E-state index contributed by atoms with van der Waals surface area (Å²) >= 11 is 0. The lowest BCUT2D eigenvalue weighted by molar-refractivity contribution is 0.282. The number of fused-ring (bicyclic) bond motifs is 1. The molecule has 1 heteroatoms. The molecule has 1 heterocycles. The van der Waals surface area contributed by atoms with Crippen molar-refractivity contribution in [2.24, 2.45) is 0 Å². The van der Waals surface area contributed by atoms with Gasteiger partial charge in [0.25, 0.3) is 0 Å². The molecule has 1 aliphatic rings. The molecule has 1 unspecified atom stereocenters. The van der Waals surface area contributed by atoms with Crippen LogP contribution in [0.5, 0.6) is 5.75 Å². The topological polar surface area (TPSA) is 9.23 Å². The molecule has 0 aromatic heterocycles. The zero-order valence-electron chi connectivity index (χ0n) is 13.3. The first kappa shape index (κ1) is 14.1. The highest BCUT2D eigenvalue weighted by Gasteiger charge is 2.24. The summed E-state index contributed by atoms with van der Waals surface area (Å²) in [5.74, 6) is 0.994. The highest BCUT2D eigenvalue weighted by molar-refractivity contribution is 5.80. The normalized spacial score (nSPS) is 16.0. The maximum absolute atomic E-state index is 6.00. The zero-order valence-corrected chi connectivity index (χ0v) is 13.3. The van der Waals surface area contributed by atoms with Crippen LogP contribution in [0.1, 0.15) is 11.1 Å². The average molecular weight is 299 g/mol. The molecular formula is C22H19O. The molecule has 0 N–H and O–H groups in total. The molecule has 0 spiro atoms. The lowest BCUT2D eigenvalue weighted by Crippen LogP contribution is -2.06. The summed E-state index contributed by atoms with van der Waals surface area (Å²) in [7, 11) is 0. The Hall–Kier alpha value is -2.54. The Morgan fingerprint density at radius 2 is 1.61 bits per heavy atom. The third kappa shape index (κ3) is 2.63. The number of rotatable bonds is 2. The highest BCUT2D eigenvalue weighted by atomic mass is 16.5. The van der Waals surface area contributed by atoms with Crippen LogP contribution in [0.2, 0.25) is 0 Å². The van der Waals surface area contributed by atoms with Crippen molar-refractivity contribution in [1.29, 1.82) is 0 Å². The Kier molecular flexibility index (Phi) is 3.42. The predicted molar refractivity (Wildman–Crippen MR) is 95.5 cm³/mol. The van der Waals surface area contributed by atoms with Crippen LogP contribution in [-0.2, 0) is 6.42 Å². The first-order chi connectivity index (χ1) is 11.2. The molecule has 0 aliphatic carbocycles. The largest absolute Gasteiger partial charge is 0.489 e. The molecule has 0 amide bonds. The maximum atomic E-state index is 6.00. The van der Waals surface area contributed by atoms with Gasteiger partial charge in [-0.15, -0.1) is 0 Å². The molecule has 0 saturated carbocycles. The second-order valence-corrected chi connectivity index (χ2v) is 6.19. The predicted octanol–water partition coefficient (Wildman–Crippen LogP) is 5.47. The molecule has 1 radical (unpaired) electrons. The van der Waals surface area contributed by atoms with Crippen LogP contribution < -0.4 is 4.74 Å². The van der Waals surface area contributed by atoms with Gasteiger partial charge >= 0.3 is 0 Å². The summed E-state index contributed by atoms with van der Waals surface area (Å²) < 4.78 is 6.00. The van der Waals surface area contributed by atoms with Crippen molar-refractivity contribution >= 4 is 0 Å². The molecule has 0 fully saturated rings. The Morgan fingerprint density at radius 1 is 0.870 bits per heavy atom. The minimum Gasteiger partial charge on any atom is -0.489 e. The fraction of sp³-hybridized carbons (Fsp3) is 0.136. The van der Waals surface area contributed by atoms with Crippen LogP contribution in [0.3, 0.4) is 0 Å². The summed E-state index contributed by atoms with van der Waals surface area (Å²) in [4.78, 5) is 0. The lowest BCUT2D eigenvalue weighted by Gasteiger charge is -2.13. The fourth-order valence-electron chi connectivity index (χ4n) is 3.18. The van der Waals surface area contributed by atoms with E-state index in [0.29, 0.717) is 0 Å². The van der Waals surface area contributed by atoms with Crippen molar-refractivity contribution in [3.8, 4) is 28.0 Å². The quantitative estimate of drug-likeness (QED) is 0.610. The monoisotopic (exact) mass is 299 g/mol. The van der Waals surface area contributed by atoms with Crippen molar-refractivity contribution in [2.75, 3.05) is 0 Å².